The summed E-state index contributed by atoms with van der Waals surface area (Å²) in [4.78, 5) is 9.72. The summed E-state index contributed by atoms with van der Waals surface area (Å²) in [5, 5.41) is 3.87. The van der Waals surface area contributed by atoms with E-state index in [9.17, 15) is 8.42 Å². The van der Waals surface area contributed by atoms with Gasteiger partial charge in [-0.05, 0) is 54.7 Å². The van der Waals surface area contributed by atoms with E-state index in [1.54, 1.807) is 18.3 Å². The molecule has 30 heavy (non-hydrogen) atoms. The number of benzene rings is 1. The third-order valence-corrected chi connectivity index (χ3v) is 5.70. The maximum absolute atomic E-state index is 11.8. The molecule has 3 heterocycles. The van der Waals surface area contributed by atoms with Gasteiger partial charge in [-0.25, -0.2) is 8.42 Å². The minimum Gasteiger partial charge on any atom is -0.495 e. The Bertz CT molecular complexity index is 1150. The summed E-state index contributed by atoms with van der Waals surface area (Å²) in [6.45, 7) is 0. The fourth-order valence-electron chi connectivity index (χ4n) is 3.60. The van der Waals surface area contributed by atoms with E-state index in [0.29, 0.717) is 16.5 Å². The molecule has 1 aliphatic rings. The van der Waals surface area contributed by atoms with Crippen LogP contribution in [0.5, 0.6) is 5.75 Å². The van der Waals surface area contributed by atoms with Crippen LogP contribution in [0.3, 0.4) is 0 Å². The molecule has 156 valence electrons. The second-order valence-corrected chi connectivity index (χ2v) is 9.02. The maximum atomic E-state index is 11.8. The van der Waals surface area contributed by atoms with E-state index in [2.05, 4.69) is 20.0 Å². The zero-order valence-corrected chi connectivity index (χ0v) is 18.0. The van der Waals surface area contributed by atoms with Crippen molar-refractivity contribution in [2.24, 2.45) is 0 Å². The van der Waals surface area contributed by atoms with Crippen LogP contribution in [0.1, 0.15) is 23.5 Å². The first-order valence-electron chi connectivity index (χ1n) is 9.17. The second-order valence-electron chi connectivity index (χ2n) is 6.88. The number of hydrogen-bond donors (Lipinski definition) is 3. The summed E-state index contributed by atoms with van der Waals surface area (Å²) in [6.07, 6.45) is 4.70. The molecule has 0 saturated carbocycles. The van der Waals surface area contributed by atoms with Gasteiger partial charge in [0.05, 0.1) is 30.8 Å². The first kappa shape index (κ1) is 20.2. The van der Waals surface area contributed by atoms with Crippen LogP contribution in [0, 0.1) is 0 Å². The SMILES string of the molecule is COc1ccc(N2C(=S)N[C@@H](c3ccccn3)[C@H]2c2ccc[nH]2)cc1NS(C)(=O)=O. The smallest absolute Gasteiger partial charge is 0.229 e. The Morgan fingerprint density at radius 3 is 2.67 bits per heavy atom. The Balaban J connectivity index is 1.80. The number of pyridine rings is 1. The average molecular weight is 444 g/mol. The highest BCUT2D eigenvalue weighted by molar-refractivity contribution is 7.92. The fourth-order valence-corrected chi connectivity index (χ4v) is 4.51. The number of thiocarbonyl (C=S) groups is 1. The summed E-state index contributed by atoms with van der Waals surface area (Å²) in [7, 11) is -2.00. The molecule has 0 bridgehead atoms. The van der Waals surface area contributed by atoms with Crippen LogP contribution in [0.2, 0.25) is 0 Å². The number of nitrogens with zero attached hydrogens (tertiary/aromatic N) is 2. The topological polar surface area (TPSA) is 99.3 Å². The lowest BCUT2D eigenvalue weighted by molar-refractivity contribution is 0.417. The molecule has 10 heteroatoms. The highest BCUT2D eigenvalue weighted by Gasteiger charge is 2.41. The predicted molar refractivity (Wildman–Crippen MR) is 120 cm³/mol. The first-order valence-corrected chi connectivity index (χ1v) is 11.5. The van der Waals surface area contributed by atoms with E-state index >= 15 is 0 Å². The fraction of sp³-hybridized carbons (Fsp3) is 0.200. The summed E-state index contributed by atoms with van der Waals surface area (Å²) in [6, 6.07) is 14.5. The monoisotopic (exact) mass is 443 g/mol. The Labute approximate surface area is 180 Å². The van der Waals surface area contributed by atoms with Gasteiger partial charge < -0.3 is 19.9 Å². The van der Waals surface area contributed by atoms with Crippen molar-refractivity contribution in [1.29, 1.82) is 0 Å². The molecular formula is C20H21N5O3S2. The van der Waals surface area contributed by atoms with Gasteiger partial charge in [0, 0.05) is 23.8 Å². The third-order valence-electron chi connectivity index (χ3n) is 4.80. The highest BCUT2D eigenvalue weighted by Crippen LogP contribution is 2.42. The van der Waals surface area contributed by atoms with E-state index < -0.39 is 10.0 Å². The van der Waals surface area contributed by atoms with Crippen molar-refractivity contribution in [3.63, 3.8) is 0 Å². The van der Waals surface area contributed by atoms with Gasteiger partial charge in [-0.2, -0.15) is 0 Å². The van der Waals surface area contributed by atoms with E-state index in [1.807, 2.05) is 47.5 Å². The van der Waals surface area contributed by atoms with Gasteiger partial charge in [0.15, 0.2) is 5.11 Å². The Morgan fingerprint density at radius 1 is 1.20 bits per heavy atom. The van der Waals surface area contributed by atoms with E-state index in [4.69, 9.17) is 17.0 Å². The molecule has 1 saturated heterocycles. The number of methoxy groups -OCH3 is 1. The largest absolute Gasteiger partial charge is 0.495 e. The number of ether oxygens (including phenoxy) is 1. The van der Waals surface area contributed by atoms with Crippen LogP contribution in [-0.2, 0) is 10.0 Å². The van der Waals surface area contributed by atoms with Gasteiger partial charge >= 0.3 is 0 Å². The number of anilines is 2. The van der Waals surface area contributed by atoms with Crippen molar-refractivity contribution < 1.29 is 13.2 Å². The van der Waals surface area contributed by atoms with Gasteiger partial charge in [-0.1, -0.05) is 6.07 Å². The van der Waals surface area contributed by atoms with Crippen LogP contribution in [0.15, 0.2) is 60.9 Å². The van der Waals surface area contributed by atoms with Crippen molar-refractivity contribution in [3.8, 4) is 5.75 Å². The lowest BCUT2D eigenvalue weighted by atomic mass is 10.0. The first-order chi connectivity index (χ1) is 14.4. The number of nitrogens with one attached hydrogen (secondary N) is 3. The maximum Gasteiger partial charge on any atom is 0.229 e. The molecule has 1 aliphatic heterocycles. The van der Waals surface area contributed by atoms with Crippen molar-refractivity contribution in [1.82, 2.24) is 15.3 Å². The van der Waals surface area contributed by atoms with Gasteiger partial charge in [0.2, 0.25) is 10.0 Å². The molecule has 0 amide bonds. The zero-order chi connectivity index (χ0) is 21.3. The zero-order valence-electron chi connectivity index (χ0n) is 16.4. The van der Waals surface area contributed by atoms with Crippen molar-refractivity contribution >= 4 is 38.7 Å². The second kappa shape index (κ2) is 7.96. The molecule has 0 unspecified atom stereocenters. The minimum atomic E-state index is -3.49. The Hall–Kier alpha value is -3.11. The van der Waals surface area contributed by atoms with Crippen LogP contribution in [0.4, 0.5) is 11.4 Å². The van der Waals surface area contributed by atoms with Crippen molar-refractivity contribution in [3.05, 3.63) is 72.3 Å². The molecule has 3 N–H and O–H groups in total. The summed E-state index contributed by atoms with van der Waals surface area (Å²) < 4.78 is 31.5. The quantitative estimate of drug-likeness (QED) is 0.504. The van der Waals surface area contributed by atoms with Crippen LogP contribution in [0.25, 0.3) is 0 Å². The van der Waals surface area contributed by atoms with Crippen LogP contribution >= 0.6 is 12.2 Å². The van der Waals surface area contributed by atoms with Gasteiger partial charge in [0.1, 0.15) is 11.8 Å². The van der Waals surface area contributed by atoms with Gasteiger partial charge in [0.25, 0.3) is 0 Å². The lowest BCUT2D eigenvalue weighted by Gasteiger charge is -2.27. The molecule has 8 nitrogen and oxygen atoms in total. The number of hydrogen-bond acceptors (Lipinski definition) is 5. The van der Waals surface area contributed by atoms with Gasteiger partial charge in [-0.3, -0.25) is 9.71 Å². The number of H-pyrrole nitrogens is 1. The molecule has 0 spiro atoms. The molecule has 0 aliphatic carbocycles. The van der Waals surface area contributed by atoms with Crippen LogP contribution < -0.4 is 19.7 Å². The molecule has 4 rings (SSSR count). The molecule has 2 aromatic heterocycles. The molecule has 2 atom stereocenters. The number of aromatic nitrogens is 2. The normalized spacial score (nSPS) is 18.9. The summed E-state index contributed by atoms with van der Waals surface area (Å²) in [5.41, 5.74) is 2.86. The van der Waals surface area contributed by atoms with Crippen LogP contribution in [-0.4, -0.2) is 36.9 Å². The number of sulfonamides is 1. The Kier molecular flexibility index (Phi) is 5.35. The average Bonchev–Trinajstić information content (AvgIpc) is 3.35. The molecule has 0 radical (unpaired) electrons. The molecular weight excluding hydrogens is 422 g/mol. The van der Waals surface area contributed by atoms with Crippen molar-refractivity contribution in [2.45, 2.75) is 12.1 Å². The molecule has 3 aromatic rings. The summed E-state index contributed by atoms with van der Waals surface area (Å²) in [5.74, 6) is 0.417. The third kappa shape index (κ3) is 3.96. The molecule has 1 fully saturated rings. The number of rotatable bonds is 6. The Morgan fingerprint density at radius 2 is 2.03 bits per heavy atom. The number of aromatic amines is 1. The van der Waals surface area contributed by atoms with E-state index in [1.165, 1.54) is 7.11 Å². The van der Waals surface area contributed by atoms with Crippen molar-refractivity contribution in [2.75, 3.05) is 23.0 Å². The van der Waals surface area contributed by atoms with Gasteiger partial charge in [-0.15, -0.1) is 0 Å². The standard InChI is InChI=1S/C20H21N5O3S2/c1-28-17-9-8-13(12-16(17)24-30(2,26)27)25-19(15-7-5-11-22-15)18(23-20(25)29)14-6-3-4-10-21-14/h3-12,18-19,22,24H,1-2H3,(H,23,29)/t18-,19+/m0/s1. The minimum absolute atomic E-state index is 0.189. The van der Waals surface area contributed by atoms with E-state index in [0.717, 1.165) is 23.3 Å². The highest BCUT2D eigenvalue weighted by atomic mass is 32.2. The molecule has 1 aromatic carbocycles. The summed E-state index contributed by atoms with van der Waals surface area (Å²) >= 11 is 5.67. The van der Waals surface area contributed by atoms with E-state index in [-0.39, 0.29) is 12.1 Å². The lowest BCUT2D eigenvalue weighted by Crippen LogP contribution is -2.29. The predicted octanol–water partition coefficient (Wildman–Crippen LogP) is 2.97.